The molecule has 1 heterocycles. The zero-order valence-corrected chi connectivity index (χ0v) is 13.6. The average molecular weight is 304 g/mol. The fourth-order valence-electron chi connectivity index (χ4n) is 3.52. The van der Waals surface area contributed by atoms with E-state index in [0.717, 1.165) is 23.6 Å². The summed E-state index contributed by atoms with van der Waals surface area (Å²) >= 11 is 6.44. The number of rotatable bonds is 4. The second-order valence-electron chi connectivity index (χ2n) is 6.03. The number of nitrogens with one attached hydrogen (secondary N) is 1. The first kappa shape index (κ1) is 14.6. The molecule has 4 heteroatoms. The topological polar surface area (TPSA) is 29.9 Å². The molecule has 21 heavy (non-hydrogen) atoms. The molecule has 0 bridgehead atoms. The highest BCUT2D eigenvalue weighted by Gasteiger charge is 2.33. The number of aryl methyl sites for hydroxylation is 1. The van der Waals surface area contributed by atoms with Crippen molar-refractivity contribution in [3.63, 3.8) is 0 Å². The second-order valence-corrected chi connectivity index (χ2v) is 6.43. The lowest BCUT2D eigenvalue weighted by atomic mass is 9.91. The van der Waals surface area contributed by atoms with Crippen molar-refractivity contribution >= 4 is 11.6 Å². The molecule has 0 saturated carbocycles. The molecule has 1 aliphatic rings. The molecule has 1 N–H and O–H groups in total. The number of halogens is 1. The maximum absolute atomic E-state index is 6.44. The van der Waals surface area contributed by atoms with E-state index in [1.807, 2.05) is 11.7 Å². The number of hydrogen-bond donors (Lipinski definition) is 1. The fraction of sp³-hybridized carbons (Fsp3) is 0.471. The molecule has 0 spiro atoms. The quantitative estimate of drug-likeness (QED) is 0.921. The van der Waals surface area contributed by atoms with Crippen LogP contribution in [-0.2, 0) is 6.42 Å². The second kappa shape index (κ2) is 5.82. The van der Waals surface area contributed by atoms with Crippen molar-refractivity contribution in [1.29, 1.82) is 0 Å². The average Bonchev–Trinajstić information content (AvgIpc) is 3.06. The highest BCUT2D eigenvalue weighted by molar-refractivity contribution is 6.31. The molecule has 2 atom stereocenters. The van der Waals surface area contributed by atoms with Crippen LogP contribution in [0.2, 0.25) is 5.02 Å². The van der Waals surface area contributed by atoms with E-state index in [0.29, 0.717) is 12.0 Å². The van der Waals surface area contributed by atoms with Gasteiger partial charge in [0.05, 0.1) is 23.0 Å². The minimum atomic E-state index is 0.200. The number of nitrogens with zero attached hydrogens (tertiary/aromatic N) is 2. The summed E-state index contributed by atoms with van der Waals surface area (Å²) in [5, 5.41) is 8.69. The zero-order valence-electron chi connectivity index (χ0n) is 12.8. The maximum atomic E-state index is 6.44. The Bertz CT molecular complexity index is 633. The molecule has 0 aliphatic heterocycles. The van der Waals surface area contributed by atoms with Gasteiger partial charge in [0, 0.05) is 12.0 Å². The molecule has 1 aromatic heterocycles. The first-order chi connectivity index (χ1) is 10.1. The minimum Gasteiger partial charge on any atom is -0.311 e. The van der Waals surface area contributed by atoms with Crippen LogP contribution >= 0.6 is 11.6 Å². The van der Waals surface area contributed by atoms with E-state index < -0.39 is 0 Å². The van der Waals surface area contributed by atoms with Gasteiger partial charge in [-0.25, -0.2) is 0 Å². The summed E-state index contributed by atoms with van der Waals surface area (Å²) in [5.41, 5.74) is 4.02. The normalized spacial score (nSPS) is 19.0. The minimum absolute atomic E-state index is 0.200. The molecule has 3 nitrogen and oxygen atoms in total. The molecule has 1 aliphatic carbocycles. The number of likely N-dealkylation sites (N-methyl/N-ethyl adjacent to an activating group) is 1. The highest BCUT2D eigenvalue weighted by atomic mass is 35.5. The molecule has 112 valence electrons. The summed E-state index contributed by atoms with van der Waals surface area (Å²) in [7, 11) is 2.01. The van der Waals surface area contributed by atoms with Gasteiger partial charge < -0.3 is 5.32 Å². The van der Waals surface area contributed by atoms with Gasteiger partial charge in [-0.1, -0.05) is 35.9 Å². The predicted molar refractivity (Wildman–Crippen MR) is 86.9 cm³/mol. The molecule has 0 amide bonds. The summed E-state index contributed by atoms with van der Waals surface area (Å²) in [6.07, 6.45) is 4.07. The molecule has 0 fully saturated rings. The van der Waals surface area contributed by atoms with Crippen LogP contribution in [0.3, 0.4) is 0 Å². The Balaban J connectivity index is 2.03. The Labute approximate surface area is 131 Å². The van der Waals surface area contributed by atoms with Crippen LogP contribution in [0.15, 0.2) is 30.5 Å². The highest BCUT2D eigenvalue weighted by Crippen LogP contribution is 2.43. The first-order valence-electron chi connectivity index (χ1n) is 7.61. The summed E-state index contributed by atoms with van der Waals surface area (Å²) in [6, 6.07) is 9.25. The molecule has 0 radical (unpaired) electrons. The van der Waals surface area contributed by atoms with Crippen LogP contribution in [0, 0.1) is 0 Å². The summed E-state index contributed by atoms with van der Waals surface area (Å²) < 4.78 is 2.05. The van der Waals surface area contributed by atoms with Crippen molar-refractivity contribution in [3.8, 4) is 0 Å². The fourth-order valence-corrected chi connectivity index (χ4v) is 3.77. The summed E-state index contributed by atoms with van der Waals surface area (Å²) in [4.78, 5) is 0. The Morgan fingerprint density at radius 2 is 2.10 bits per heavy atom. The van der Waals surface area contributed by atoms with Gasteiger partial charge in [0.1, 0.15) is 0 Å². The molecule has 2 unspecified atom stereocenters. The number of aromatic nitrogens is 2. The molecule has 0 saturated heterocycles. The largest absolute Gasteiger partial charge is 0.311 e. The van der Waals surface area contributed by atoms with Crippen LogP contribution in [0.25, 0.3) is 0 Å². The van der Waals surface area contributed by atoms with Crippen molar-refractivity contribution in [3.05, 3.63) is 52.3 Å². The van der Waals surface area contributed by atoms with Crippen LogP contribution in [0.1, 0.15) is 55.1 Å². The van der Waals surface area contributed by atoms with Crippen molar-refractivity contribution in [2.24, 2.45) is 0 Å². The molecule has 1 aromatic carbocycles. The lowest BCUT2D eigenvalue weighted by molar-refractivity contribution is 0.413. The Hall–Kier alpha value is -1.32. The van der Waals surface area contributed by atoms with Crippen LogP contribution in [-0.4, -0.2) is 16.8 Å². The monoisotopic (exact) mass is 303 g/mol. The summed E-state index contributed by atoms with van der Waals surface area (Å²) in [5.74, 6) is 0.456. The van der Waals surface area contributed by atoms with Crippen LogP contribution < -0.4 is 5.32 Å². The smallest absolute Gasteiger partial charge is 0.0834 e. The Morgan fingerprint density at radius 3 is 2.81 bits per heavy atom. The standard InChI is InChI=1S/C17H22ClN3/c1-11(2)21-17(15(18)10-20-21)16(19-3)14-9-8-12-6-4-5-7-13(12)14/h4-7,10-11,14,16,19H,8-9H2,1-3H3. The van der Waals surface area contributed by atoms with E-state index >= 15 is 0 Å². The van der Waals surface area contributed by atoms with Gasteiger partial charge in [0.25, 0.3) is 0 Å². The maximum Gasteiger partial charge on any atom is 0.0834 e. The first-order valence-corrected chi connectivity index (χ1v) is 7.99. The Morgan fingerprint density at radius 1 is 1.33 bits per heavy atom. The molecular formula is C17H22ClN3. The van der Waals surface area contributed by atoms with Gasteiger partial charge in [0.15, 0.2) is 0 Å². The van der Waals surface area contributed by atoms with Crippen LogP contribution in [0.5, 0.6) is 0 Å². The third-order valence-corrected chi connectivity index (χ3v) is 4.75. The van der Waals surface area contributed by atoms with E-state index in [9.17, 15) is 0 Å². The third kappa shape index (κ3) is 2.49. The van der Waals surface area contributed by atoms with E-state index in [4.69, 9.17) is 11.6 Å². The Kier molecular flexibility index (Phi) is 4.05. The van der Waals surface area contributed by atoms with Crippen LogP contribution in [0.4, 0.5) is 0 Å². The lowest BCUT2D eigenvalue weighted by Gasteiger charge is -2.26. The van der Waals surface area contributed by atoms with Crippen molar-refractivity contribution in [2.45, 2.75) is 44.7 Å². The van der Waals surface area contributed by atoms with Gasteiger partial charge in [-0.2, -0.15) is 5.10 Å². The molecule has 3 rings (SSSR count). The third-order valence-electron chi connectivity index (χ3n) is 4.46. The van der Waals surface area contributed by atoms with Gasteiger partial charge in [0.2, 0.25) is 0 Å². The van der Waals surface area contributed by atoms with E-state index in [1.165, 1.54) is 11.1 Å². The van der Waals surface area contributed by atoms with E-state index in [-0.39, 0.29) is 6.04 Å². The zero-order chi connectivity index (χ0) is 15.0. The van der Waals surface area contributed by atoms with Gasteiger partial charge in [-0.3, -0.25) is 4.68 Å². The van der Waals surface area contributed by atoms with E-state index in [2.05, 4.69) is 48.5 Å². The number of fused-ring (bicyclic) bond motifs is 1. The predicted octanol–water partition coefficient (Wildman–Crippen LogP) is 4.11. The van der Waals surface area contributed by atoms with Crippen molar-refractivity contribution in [1.82, 2.24) is 15.1 Å². The number of hydrogen-bond acceptors (Lipinski definition) is 2. The van der Waals surface area contributed by atoms with Gasteiger partial charge in [-0.15, -0.1) is 0 Å². The lowest BCUT2D eigenvalue weighted by Crippen LogP contribution is -2.26. The SMILES string of the molecule is CNC(c1c(Cl)cnn1C(C)C)C1CCc2ccccc21. The van der Waals surface area contributed by atoms with Gasteiger partial charge >= 0.3 is 0 Å². The van der Waals surface area contributed by atoms with Gasteiger partial charge in [-0.05, 0) is 44.9 Å². The van der Waals surface area contributed by atoms with Crippen molar-refractivity contribution < 1.29 is 0 Å². The molecular weight excluding hydrogens is 282 g/mol. The summed E-state index contributed by atoms with van der Waals surface area (Å²) in [6.45, 7) is 4.28. The molecule has 2 aromatic rings. The van der Waals surface area contributed by atoms with E-state index in [1.54, 1.807) is 6.20 Å². The number of benzene rings is 1. The van der Waals surface area contributed by atoms with Crippen molar-refractivity contribution in [2.75, 3.05) is 7.05 Å².